The standard InChI is InChI=1S/C15H12Br2INO2/c1-8-5-10(18)3-4-13(8)19-15(20)11-6-9(16)7-12(17)14(11)21-2/h3-7H,1-2H3,(H,19,20). The van der Waals surface area contributed by atoms with Gasteiger partial charge in [-0.1, -0.05) is 15.9 Å². The normalized spacial score (nSPS) is 10.3. The van der Waals surface area contributed by atoms with E-state index in [1.54, 1.807) is 13.2 Å². The van der Waals surface area contributed by atoms with Gasteiger partial charge in [-0.25, -0.2) is 0 Å². The molecule has 0 spiro atoms. The van der Waals surface area contributed by atoms with Gasteiger partial charge in [0.1, 0.15) is 5.75 Å². The Morgan fingerprint density at radius 1 is 1.24 bits per heavy atom. The van der Waals surface area contributed by atoms with Crippen molar-refractivity contribution in [3.63, 3.8) is 0 Å². The minimum atomic E-state index is -0.210. The van der Waals surface area contributed by atoms with Gasteiger partial charge in [0, 0.05) is 13.7 Å². The van der Waals surface area contributed by atoms with Crippen LogP contribution in [0.2, 0.25) is 0 Å². The monoisotopic (exact) mass is 523 g/mol. The fourth-order valence-corrected chi connectivity index (χ4v) is 3.93. The molecule has 0 bridgehead atoms. The van der Waals surface area contributed by atoms with Gasteiger partial charge in [0.25, 0.3) is 5.91 Å². The number of carbonyl (C=O) groups is 1. The van der Waals surface area contributed by atoms with Crippen molar-refractivity contribution < 1.29 is 9.53 Å². The minimum absolute atomic E-state index is 0.210. The van der Waals surface area contributed by atoms with E-state index in [0.717, 1.165) is 23.8 Å². The molecule has 0 radical (unpaired) electrons. The smallest absolute Gasteiger partial charge is 0.259 e. The Morgan fingerprint density at radius 3 is 2.57 bits per heavy atom. The number of methoxy groups -OCH3 is 1. The van der Waals surface area contributed by atoms with Gasteiger partial charge in [-0.2, -0.15) is 0 Å². The second-order valence-corrected chi connectivity index (χ2v) is 7.40. The van der Waals surface area contributed by atoms with E-state index in [9.17, 15) is 4.79 Å². The van der Waals surface area contributed by atoms with Gasteiger partial charge in [-0.3, -0.25) is 4.79 Å². The van der Waals surface area contributed by atoms with Crippen LogP contribution in [-0.2, 0) is 0 Å². The topological polar surface area (TPSA) is 38.3 Å². The Kier molecular flexibility index (Phi) is 5.67. The van der Waals surface area contributed by atoms with E-state index in [2.05, 4.69) is 59.8 Å². The molecule has 0 aliphatic rings. The highest BCUT2D eigenvalue weighted by Gasteiger charge is 2.17. The summed E-state index contributed by atoms with van der Waals surface area (Å²) in [4.78, 5) is 12.5. The first kappa shape index (κ1) is 16.8. The summed E-state index contributed by atoms with van der Waals surface area (Å²) in [5.74, 6) is 0.303. The lowest BCUT2D eigenvalue weighted by Crippen LogP contribution is -2.14. The molecule has 110 valence electrons. The molecule has 0 atom stereocenters. The summed E-state index contributed by atoms with van der Waals surface area (Å²) in [5.41, 5.74) is 2.28. The van der Waals surface area contributed by atoms with Gasteiger partial charge in [0.15, 0.2) is 0 Å². The third kappa shape index (κ3) is 3.98. The zero-order valence-corrected chi connectivity index (χ0v) is 16.7. The van der Waals surface area contributed by atoms with Gasteiger partial charge >= 0.3 is 0 Å². The van der Waals surface area contributed by atoms with E-state index in [-0.39, 0.29) is 5.91 Å². The average Bonchev–Trinajstić information content (AvgIpc) is 2.41. The van der Waals surface area contributed by atoms with E-state index in [1.165, 1.54) is 0 Å². The number of halogens is 3. The van der Waals surface area contributed by atoms with Crippen LogP contribution < -0.4 is 10.1 Å². The van der Waals surface area contributed by atoms with Crippen molar-refractivity contribution >= 4 is 66.0 Å². The molecule has 1 amide bonds. The van der Waals surface area contributed by atoms with Crippen LogP contribution in [0.4, 0.5) is 5.69 Å². The molecule has 0 saturated heterocycles. The van der Waals surface area contributed by atoms with Gasteiger partial charge in [-0.15, -0.1) is 0 Å². The van der Waals surface area contributed by atoms with Crippen LogP contribution in [0.15, 0.2) is 39.3 Å². The summed E-state index contributed by atoms with van der Waals surface area (Å²) in [6.45, 7) is 1.96. The number of hydrogen-bond donors (Lipinski definition) is 1. The molecule has 2 rings (SSSR count). The maximum Gasteiger partial charge on any atom is 0.259 e. The number of benzene rings is 2. The Bertz CT molecular complexity index is 704. The number of anilines is 1. The summed E-state index contributed by atoms with van der Waals surface area (Å²) in [6, 6.07) is 9.45. The first-order valence-electron chi connectivity index (χ1n) is 6.03. The van der Waals surface area contributed by atoms with E-state index < -0.39 is 0 Å². The fourth-order valence-electron chi connectivity index (χ4n) is 1.89. The van der Waals surface area contributed by atoms with Crippen molar-refractivity contribution in [2.75, 3.05) is 12.4 Å². The SMILES string of the molecule is COc1c(Br)cc(Br)cc1C(=O)Nc1ccc(I)cc1C. The van der Waals surface area contributed by atoms with E-state index >= 15 is 0 Å². The Morgan fingerprint density at radius 2 is 1.95 bits per heavy atom. The molecule has 0 fully saturated rings. The molecule has 0 aliphatic carbocycles. The van der Waals surface area contributed by atoms with Crippen molar-refractivity contribution in [2.45, 2.75) is 6.92 Å². The molecule has 0 aliphatic heterocycles. The maximum absolute atomic E-state index is 12.5. The summed E-state index contributed by atoms with van der Waals surface area (Å²) in [5, 5.41) is 2.92. The lowest BCUT2D eigenvalue weighted by molar-refractivity contribution is 0.102. The third-order valence-corrected chi connectivity index (χ3v) is 4.61. The van der Waals surface area contributed by atoms with E-state index in [4.69, 9.17) is 4.74 Å². The minimum Gasteiger partial charge on any atom is -0.495 e. The van der Waals surface area contributed by atoms with E-state index in [0.29, 0.717) is 11.3 Å². The second kappa shape index (κ2) is 7.11. The molecule has 0 heterocycles. The summed E-state index contributed by atoms with van der Waals surface area (Å²) < 4.78 is 7.97. The highest BCUT2D eigenvalue weighted by Crippen LogP contribution is 2.33. The van der Waals surface area contributed by atoms with Gasteiger partial charge in [-0.05, 0) is 81.3 Å². The van der Waals surface area contributed by atoms with Crippen LogP contribution in [0.5, 0.6) is 5.75 Å². The number of carbonyl (C=O) groups excluding carboxylic acids is 1. The Labute approximate surface area is 153 Å². The first-order valence-corrected chi connectivity index (χ1v) is 8.69. The van der Waals surface area contributed by atoms with Crippen molar-refractivity contribution in [3.05, 3.63) is 54.0 Å². The number of aryl methyl sites for hydroxylation is 1. The zero-order valence-electron chi connectivity index (χ0n) is 11.3. The molecule has 6 heteroatoms. The number of amides is 1. The molecular weight excluding hydrogens is 513 g/mol. The van der Waals surface area contributed by atoms with Crippen LogP contribution in [0, 0.1) is 10.5 Å². The van der Waals surface area contributed by atoms with Crippen molar-refractivity contribution in [2.24, 2.45) is 0 Å². The highest BCUT2D eigenvalue weighted by molar-refractivity contribution is 14.1. The lowest BCUT2D eigenvalue weighted by atomic mass is 10.1. The third-order valence-electron chi connectivity index (χ3n) is 2.89. The van der Waals surface area contributed by atoms with Crippen LogP contribution in [0.25, 0.3) is 0 Å². The molecule has 21 heavy (non-hydrogen) atoms. The fraction of sp³-hybridized carbons (Fsp3) is 0.133. The highest BCUT2D eigenvalue weighted by atomic mass is 127. The van der Waals surface area contributed by atoms with Crippen LogP contribution in [0.1, 0.15) is 15.9 Å². The van der Waals surface area contributed by atoms with Crippen molar-refractivity contribution in [3.8, 4) is 5.75 Å². The lowest BCUT2D eigenvalue weighted by Gasteiger charge is -2.13. The van der Waals surface area contributed by atoms with Crippen LogP contribution in [-0.4, -0.2) is 13.0 Å². The predicted octanol–water partition coefficient (Wildman–Crippen LogP) is 5.39. The quantitative estimate of drug-likeness (QED) is 0.547. The molecule has 2 aromatic carbocycles. The predicted molar refractivity (Wildman–Crippen MR) is 100 cm³/mol. The van der Waals surface area contributed by atoms with Gasteiger partial charge in [0.05, 0.1) is 17.1 Å². The summed E-state index contributed by atoms with van der Waals surface area (Å²) >= 11 is 9.03. The molecule has 3 nitrogen and oxygen atoms in total. The molecule has 0 saturated carbocycles. The Balaban J connectivity index is 2.36. The average molecular weight is 525 g/mol. The molecule has 0 aromatic heterocycles. The second-order valence-electron chi connectivity index (χ2n) is 4.38. The number of rotatable bonds is 3. The number of hydrogen-bond acceptors (Lipinski definition) is 2. The largest absolute Gasteiger partial charge is 0.495 e. The molecule has 2 aromatic rings. The molecular formula is C15H12Br2INO2. The molecule has 0 unspecified atom stereocenters. The van der Waals surface area contributed by atoms with Crippen LogP contribution >= 0.6 is 54.5 Å². The number of nitrogens with one attached hydrogen (secondary N) is 1. The zero-order chi connectivity index (χ0) is 15.6. The maximum atomic E-state index is 12.5. The van der Waals surface area contributed by atoms with Crippen molar-refractivity contribution in [1.29, 1.82) is 0 Å². The summed E-state index contributed by atoms with van der Waals surface area (Å²) in [7, 11) is 1.54. The van der Waals surface area contributed by atoms with E-state index in [1.807, 2.05) is 31.2 Å². The number of ether oxygens (including phenoxy) is 1. The summed E-state index contributed by atoms with van der Waals surface area (Å²) in [6.07, 6.45) is 0. The molecule has 1 N–H and O–H groups in total. The van der Waals surface area contributed by atoms with Crippen molar-refractivity contribution in [1.82, 2.24) is 0 Å². The van der Waals surface area contributed by atoms with Gasteiger partial charge in [0.2, 0.25) is 0 Å². The first-order chi connectivity index (χ1) is 9.92. The van der Waals surface area contributed by atoms with Gasteiger partial charge < -0.3 is 10.1 Å². The van der Waals surface area contributed by atoms with Crippen LogP contribution in [0.3, 0.4) is 0 Å². The Hall–Kier alpha value is -0.600.